The monoisotopic (exact) mass is 265 g/mol. The fourth-order valence-corrected chi connectivity index (χ4v) is 2.00. The Morgan fingerprint density at radius 3 is 2.55 bits per heavy atom. The average molecular weight is 265 g/mol. The minimum atomic E-state index is -0.926. The van der Waals surface area contributed by atoms with Gasteiger partial charge in [0.15, 0.2) is 0 Å². The minimum absolute atomic E-state index is 0.276. The molecule has 0 amide bonds. The number of aromatic carboxylic acids is 1. The molecule has 4 nitrogen and oxygen atoms in total. The molecule has 0 saturated carbocycles. The lowest BCUT2D eigenvalue weighted by atomic mass is 10.0. The maximum atomic E-state index is 10.8. The Balaban J connectivity index is 1.98. The molecule has 0 aliphatic carbocycles. The number of carboxylic acid groups (broad SMARTS) is 1. The van der Waals surface area contributed by atoms with E-state index >= 15 is 0 Å². The summed E-state index contributed by atoms with van der Waals surface area (Å²) in [5.74, 6) is -0.182. The molecule has 20 heavy (non-hydrogen) atoms. The van der Waals surface area contributed by atoms with Crippen molar-refractivity contribution >= 4 is 12.2 Å². The fraction of sp³-hybridized carbons (Fsp3) is 0. The molecule has 4 heteroatoms. The summed E-state index contributed by atoms with van der Waals surface area (Å²) in [6.45, 7) is 0. The van der Waals surface area contributed by atoms with Crippen LogP contribution in [-0.2, 0) is 0 Å². The first-order valence-corrected chi connectivity index (χ1v) is 6.07. The van der Waals surface area contributed by atoms with Crippen molar-refractivity contribution in [2.24, 2.45) is 4.99 Å². The largest absolute Gasteiger partial charge is 0.478 e. The third-order valence-electron chi connectivity index (χ3n) is 3.03. The zero-order valence-electron chi connectivity index (χ0n) is 10.5. The van der Waals surface area contributed by atoms with Gasteiger partial charge in [-0.15, -0.1) is 0 Å². The second kappa shape index (κ2) is 5.01. The Hall–Kier alpha value is -2.88. The summed E-state index contributed by atoms with van der Waals surface area (Å²) in [4.78, 5) is 14.9. The van der Waals surface area contributed by atoms with Crippen LogP contribution in [0.5, 0.6) is 5.75 Å². The highest BCUT2D eigenvalue weighted by Crippen LogP contribution is 2.27. The molecule has 0 atom stereocenters. The van der Waals surface area contributed by atoms with Gasteiger partial charge in [0, 0.05) is 11.8 Å². The van der Waals surface area contributed by atoms with E-state index in [2.05, 4.69) is 4.99 Å². The van der Waals surface area contributed by atoms with Gasteiger partial charge in [-0.25, -0.2) is 4.79 Å². The van der Waals surface area contributed by atoms with Crippen molar-refractivity contribution in [2.45, 2.75) is 0 Å². The van der Waals surface area contributed by atoms with Gasteiger partial charge in [-0.3, -0.25) is 4.99 Å². The molecule has 0 spiro atoms. The summed E-state index contributed by atoms with van der Waals surface area (Å²) in [6, 6.07) is 12.5. The van der Waals surface area contributed by atoms with Gasteiger partial charge in [-0.05, 0) is 35.4 Å². The van der Waals surface area contributed by atoms with Crippen LogP contribution in [0.2, 0.25) is 0 Å². The molecule has 1 aliphatic heterocycles. The van der Waals surface area contributed by atoms with Crippen LogP contribution in [0.3, 0.4) is 0 Å². The van der Waals surface area contributed by atoms with E-state index in [-0.39, 0.29) is 5.56 Å². The molecule has 98 valence electrons. The highest BCUT2D eigenvalue weighted by molar-refractivity contribution is 5.89. The van der Waals surface area contributed by atoms with E-state index in [0.29, 0.717) is 0 Å². The lowest BCUT2D eigenvalue weighted by Gasteiger charge is -2.07. The van der Waals surface area contributed by atoms with E-state index in [9.17, 15) is 4.79 Å². The zero-order chi connectivity index (χ0) is 13.9. The predicted molar refractivity (Wildman–Crippen MR) is 76.2 cm³/mol. The van der Waals surface area contributed by atoms with Crippen LogP contribution < -0.4 is 4.74 Å². The maximum absolute atomic E-state index is 10.8. The van der Waals surface area contributed by atoms with E-state index in [1.807, 2.05) is 18.2 Å². The molecule has 0 radical (unpaired) electrons. The first-order valence-electron chi connectivity index (χ1n) is 6.07. The first-order chi connectivity index (χ1) is 9.74. The second-order valence-corrected chi connectivity index (χ2v) is 4.32. The third-order valence-corrected chi connectivity index (χ3v) is 3.03. The average Bonchev–Trinajstić information content (AvgIpc) is 2.71. The molecule has 2 aromatic carbocycles. The number of benzene rings is 2. The highest BCUT2D eigenvalue weighted by atomic mass is 16.5. The smallest absolute Gasteiger partial charge is 0.335 e. The molecule has 0 bridgehead atoms. The van der Waals surface area contributed by atoms with E-state index in [1.54, 1.807) is 36.7 Å². The van der Waals surface area contributed by atoms with Crippen LogP contribution in [0.1, 0.15) is 15.9 Å². The topological polar surface area (TPSA) is 58.9 Å². The molecule has 0 saturated heterocycles. The van der Waals surface area contributed by atoms with E-state index < -0.39 is 5.97 Å². The van der Waals surface area contributed by atoms with Crippen molar-refractivity contribution in [3.8, 4) is 16.9 Å². The standard InChI is InChI=1S/C16H11NO3/c18-16(19)12-3-1-11(2-4-12)13-5-6-15-14(9-13)10-17-7-8-20-15/h1-10H,(H,18,19). The number of carboxylic acids is 1. The molecular formula is C16H11NO3. The number of ether oxygens (including phenoxy) is 1. The Morgan fingerprint density at radius 2 is 1.80 bits per heavy atom. The second-order valence-electron chi connectivity index (χ2n) is 4.32. The number of hydrogen-bond acceptors (Lipinski definition) is 3. The van der Waals surface area contributed by atoms with Crippen LogP contribution in [0.25, 0.3) is 11.1 Å². The summed E-state index contributed by atoms with van der Waals surface area (Å²) in [7, 11) is 0. The normalized spacial score (nSPS) is 12.4. The number of fused-ring (bicyclic) bond motifs is 1. The van der Waals surface area contributed by atoms with Crippen LogP contribution >= 0.6 is 0 Å². The molecule has 2 aromatic rings. The Labute approximate surface area is 115 Å². The number of carbonyl (C=O) groups is 1. The summed E-state index contributed by atoms with van der Waals surface area (Å²) in [5.41, 5.74) is 3.09. The van der Waals surface area contributed by atoms with E-state index in [1.165, 1.54) is 6.26 Å². The van der Waals surface area contributed by atoms with E-state index in [4.69, 9.17) is 9.84 Å². The lowest BCUT2D eigenvalue weighted by molar-refractivity contribution is 0.0697. The molecule has 1 aliphatic rings. The molecule has 1 N–H and O–H groups in total. The fourth-order valence-electron chi connectivity index (χ4n) is 2.00. The van der Waals surface area contributed by atoms with Gasteiger partial charge < -0.3 is 9.84 Å². The van der Waals surface area contributed by atoms with Crippen molar-refractivity contribution in [1.82, 2.24) is 0 Å². The van der Waals surface area contributed by atoms with Crippen molar-refractivity contribution in [2.75, 3.05) is 0 Å². The lowest BCUT2D eigenvalue weighted by Crippen LogP contribution is -1.95. The molecule has 1 heterocycles. The van der Waals surface area contributed by atoms with Crippen molar-refractivity contribution < 1.29 is 14.6 Å². The summed E-state index contributed by atoms with van der Waals surface area (Å²) in [6.07, 6.45) is 4.85. The van der Waals surface area contributed by atoms with Crippen LogP contribution in [0, 0.1) is 0 Å². The van der Waals surface area contributed by atoms with Crippen molar-refractivity contribution in [3.63, 3.8) is 0 Å². The Morgan fingerprint density at radius 1 is 1.05 bits per heavy atom. The first kappa shape index (κ1) is 12.2. The molecular weight excluding hydrogens is 254 g/mol. The number of hydrogen-bond donors (Lipinski definition) is 1. The summed E-state index contributed by atoms with van der Waals surface area (Å²) in [5, 5.41) is 8.89. The van der Waals surface area contributed by atoms with Crippen molar-refractivity contribution in [1.29, 1.82) is 0 Å². The molecule has 3 rings (SSSR count). The number of rotatable bonds is 2. The highest BCUT2D eigenvalue weighted by Gasteiger charge is 2.07. The van der Waals surface area contributed by atoms with Gasteiger partial charge in [0.25, 0.3) is 0 Å². The summed E-state index contributed by atoms with van der Waals surface area (Å²) >= 11 is 0. The SMILES string of the molecule is O=C(O)c1ccc(-c2ccc3c(c2)C=NC=CO3)cc1. The third kappa shape index (κ3) is 2.31. The minimum Gasteiger partial charge on any atom is -0.478 e. The van der Waals surface area contributed by atoms with E-state index in [0.717, 1.165) is 22.4 Å². The quantitative estimate of drug-likeness (QED) is 0.906. The van der Waals surface area contributed by atoms with Gasteiger partial charge in [0.1, 0.15) is 12.0 Å². The number of aliphatic imine (C=N–C) groups is 1. The zero-order valence-corrected chi connectivity index (χ0v) is 10.5. The van der Waals surface area contributed by atoms with Crippen LogP contribution in [-0.4, -0.2) is 17.3 Å². The van der Waals surface area contributed by atoms with Gasteiger partial charge in [0.05, 0.1) is 11.8 Å². The number of nitrogens with zero attached hydrogens (tertiary/aromatic N) is 1. The van der Waals surface area contributed by atoms with Crippen LogP contribution in [0.15, 0.2) is 59.9 Å². The molecule has 0 unspecified atom stereocenters. The van der Waals surface area contributed by atoms with Gasteiger partial charge in [-0.2, -0.15) is 0 Å². The van der Waals surface area contributed by atoms with Crippen LogP contribution in [0.4, 0.5) is 0 Å². The Kier molecular flexibility index (Phi) is 3.05. The molecule has 0 fully saturated rings. The van der Waals surface area contributed by atoms with Gasteiger partial charge in [-0.1, -0.05) is 18.2 Å². The van der Waals surface area contributed by atoms with Crippen molar-refractivity contribution in [3.05, 3.63) is 66.1 Å². The Bertz CT molecular complexity index is 715. The molecule has 0 aromatic heterocycles. The summed E-state index contributed by atoms with van der Waals surface area (Å²) < 4.78 is 5.41. The maximum Gasteiger partial charge on any atom is 0.335 e. The van der Waals surface area contributed by atoms with Gasteiger partial charge >= 0.3 is 5.97 Å². The predicted octanol–water partition coefficient (Wildman–Crippen LogP) is 3.33. The van der Waals surface area contributed by atoms with Gasteiger partial charge in [0.2, 0.25) is 0 Å².